The highest BCUT2D eigenvalue weighted by molar-refractivity contribution is 5.78. The van der Waals surface area contributed by atoms with E-state index in [4.69, 9.17) is 4.74 Å². The fourth-order valence-corrected chi connectivity index (χ4v) is 2.45. The van der Waals surface area contributed by atoms with Crippen LogP contribution in [0, 0.1) is 5.92 Å². The minimum atomic E-state index is 0.0712. The lowest BCUT2D eigenvalue weighted by molar-refractivity contribution is -0.120. The fourth-order valence-electron chi connectivity index (χ4n) is 2.45. The normalized spacial score (nSPS) is 18.4. The van der Waals surface area contributed by atoms with Crippen molar-refractivity contribution in [2.24, 2.45) is 13.0 Å². The highest BCUT2D eigenvalue weighted by Crippen LogP contribution is 2.11. The van der Waals surface area contributed by atoms with Gasteiger partial charge in [-0.05, 0) is 25.3 Å². The minimum Gasteiger partial charge on any atom is -0.381 e. The van der Waals surface area contributed by atoms with Gasteiger partial charge in [0.2, 0.25) is 5.91 Å². The third-order valence-electron chi connectivity index (χ3n) is 3.77. The van der Waals surface area contributed by atoms with Gasteiger partial charge in [-0.3, -0.25) is 9.48 Å². The van der Waals surface area contributed by atoms with Crippen molar-refractivity contribution in [3.63, 3.8) is 0 Å². The van der Waals surface area contributed by atoms with Crippen molar-refractivity contribution < 1.29 is 9.53 Å². The van der Waals surface area contributed by atoms with E-state index < -0.39 is 0 Å². The Balaban J connectivity index is 1.79. The van der Waals surface area contributed by atoms with E-state index in [1.165, 1.54) is 0 Å². The number of hydrogen-bond donors (Lipinski definition) is 1. The molecule has 1 unspecified atom stereocenters. The standard InChI is InChI=1S/C15H25N3O2/c1-3-4-5-13-8-14(18(2)17-13)9-15(19)16-10-12-6-7-20-11-12/h8,12H,3-7,9-11H2,1-2H3,(H,16,19). The van der Waals surface area contributed by atoms with Gasteiger partial charge in [0.05, 0.1) is 18.7 Å². The van der Waals surface area contributed by atoms with E-state index in [-0.39, 0.29) is 5.91 Å². The molecule has 1 fully saturated rings. The van der Waals surface area contributed by atoms with E-state index in [0.717, 1.165) is 56.8 Å². The molecule has 112 valence electrons. The summed E-state index contributed by atoms with van der Waals surface area (Å²) in [5.74, 6) is 0.549. The molecule has 0 saturated carbocycles. The van der Waals surface area contributed by atoms with Crippen LogP contribution >= 0.6 is 0 Å². The topological polar surface area (TPSA) is 56.1 Å². The van der Waals surface area contributed by atoms with Gasteiger partial charge >= 0.3 is 0 Å². The Hall–Kier alpha value is -1.36. The zero-order chi connectivity index (χ0) is 14.4. The van der Waals surface area contributed by atoms with Crippen molar-refractivity contribution in [2.75, 3.05) is 19.8 Å². The maximum Gasteiger partial charge on any atom is 0.226 e. The van der Waals surface area contributed by atoms with Crippen molar-refractivity contribution in [2.45, 2.75) is 39.0 Å². The maximum atomic E-state index is 12.0. The van der Waals surface area contributed by atoms with Crippen LogP contribution in [0.2, 0.25) is 0 Å². The largest absolute Gasteiger partial charge is 0.381 e. The first-order valence-electron chi connectivity index (χ1n) is 7.55. The first-order valence-corrected chi connectivity index (χ1v) is 7.55. The average Bonchev–Trinajstić information content (AvgIpc) is 3.05. The summed E-state index contributed by atoms with van der Waals surface area (Å²) in [6.07, 6.45) is 4.75. The molecule has 5 heteroatoms. The van der Waals surface area contributed by atoms with Crippen molar-refractivity contribution in [1.82, 2.24) is 15.1 Å². The number of aromatic nitrogens is 2. The van der Waals surface area contributed by atoms with E-state index in [9.17, 15) is 4.79 Å². The van der Waals surface area contributed by atoms with Crippen molar-refractivity contribution in [3.8, 4) is 0 Å². The quantitative estimate of drug-likeness (QED) is 0.822. The molecule has 1 aliphatic rings. The molecule has 1 atom stereocenters. The molecule has 1 aromatic rings. The molecular weight excluding hydrogens is 254 g/mol. The van der Waals surface area contributed by atoms with Crippen molar-refractivity contribution in [1.29, 1.82) is 0 Å². The molecule has 0 bridgehead atoms. The zero-order valence-corrected chi connectivity index (χ0v) is 12.5. The maximum absolute atomic E-state index is 12.0. The van der Waals surface area contributed by atoms with Crippen LogP contribution < -0.4 is 5.32 Å². The van der Waals surface area contributed by atoms with Gasteiger partial charge in [0.1, 0.15) is 0 Å². The lowest BCUT2D eigenvalue weighted by Gasteiger charge is -2.09. The number of carbonyl (C=O) groups excluding carboxylic acids is 1. The highest BCUT2D eigenvalue weighted by atomic mass is 16.5. The van der Waals surface area contributed by atoms with Gasteiger partial charge in [0, 0.05) is 31.8 Å². The number of unbranched alkanes of at least 4 members (excludes halogenated alkanes) is 1. The molecular formula is C15H25N3O2. The first-order chi connectivity index (χ1) is 9.69. The van der Waals surface area contributed by atoms with E-state index in [0.29, 0.717) is 12.3 Å². The zero-order valence-electron chi connectivity index (χ0n) is 12.5. The summed E-state index contributed by atoms with van der Waals surface area (Å²) in [5, 5.41) is 7.45. The van der Waals surface area contributed by atoms with Crippen LogP contribution in [0.25, 0.3) is 0 Å². The van der Waals surface area contributed by atoms with Gasteiger partial charge in [-0.1, -0.05) is 13.3 Å². The first kappa shape index (κ1) is 15.0. The number of hydrogen-bond acceptors (Lipinski definition) is 3. The molecule has 5 nitrogen and oxygen atoms in total. The van der Waals surface area contributed by atoms with E-state index in [2.05, 4.69) is 17.3 Å². The van der Waals surface area contributed by atoms with Gasteiger partial charge in [-0.15, -0.1) is 0 Å². The number of rotatable bonds is 7. The molecule has 1 aromatic heterocycles. The monoisotopic (exact) mass is 279 g/mol. The number of carbonyl (C=O) groups is 1. The Labute approximate surface area is 120 Å². The molecule has 1 aliphatic heterocycles. The second-order valence-corrected chi connectivity index (χ2v) is 5.56. The lowest BCUT2D eigenvalue weighted by atomic mass is 10.1. The van der Waals surface area contributed by atoms with Gasteiger partial charge in [0.15, 0.2) is 0 Å². The van der Waals surface area contributed by atoms with Gasteiger partial charge in [-0.25, -0.2) is 0 Å². The summed E-state index contributed by atoms with van der Waals surface area (Å²) >= 11 is 0. The second-order valence-electron chi connectivity index (χ2n) is 5.56. The molecule has 0 aliphatic carbocycles. The molecule has 1 N–H and O–H groups in total. The Kier molecular flexibility index (Phi) is 5.59. The van der Waals surface area contributed by atoms with Crippen LogP contribution in [0.4, 0.5) is 0 Å². The number of ether oxygens (including phenoxy) is 1. The Bertz CT molecular complexity index is 436. The third kappa shape index (κ3) is 4.34. The van der Waals surface area contributed by atoms with Crippen LogP contribution in [0.5, 0.6) is 0 Å². The summed E-state index contributed by atoms with van der Waals surface area (Å²) in [4.78, 5) is 12.0. The summed E-state index contributed by atoms with van der Waals surface area (Å²) in [5.41, 5.74) is 2.07. The Morgan fingerprint density at radius 2 is 2.45 bits per heavy atom. The van der Waals surface area contributed by atoms with E-state index >= 15 is 0 Å². The van der Waals surface area contributed by atoms with E-state index in [1.807, 2.05) is 17.8 Å². The average molecular weight is 279 g/mol. The van der Waals surface area contributed by atoms with Crippen LogP contribution in [-0.4, -0.2) is 35.4 Å². The van der Waals surface area contributed by atoms with Crippen LogP contribution in [-0.2, 0) is 29.4 Å². The molecule has 0 aromatic carbocycles. The highest BCUT2D eigenvalue weighted by Gasteiger charge is 2.17. The Morgan fingerprint density at radius 1 is 1.60 bits per heavy atom. The Morgan fingerprint density at radius 3 is 3.15 bits per heavy atom. The van der Waals surface area contributed by atoms with Crippen LogP contribution in [0.3, 0.4) is 0 Å². The summed E-state index contributed by atoms with van der Waals surface area (Å²) in [6, 6.07) is 2.05. The number of nitrogens with one attached hydrogen (secondary N) is 1. The van der Waals surface area contributed by atoms with Crippen LogP contribution in [0.15, 0.2) is 6.07 Å². The molecule has 1 saturated heterocycles. The predicted molar refractivity (Wildman–Crippen MR) is 77.5 cm³/mol. The summed E-state index contributed by atoms with van der Waals surface area (Å²) in [6.45, 7) is 4.49. The molecule has 0 radical (unpaired) electrons. The fraction of sp³-hybridized carbons (Fsp3) is 0.733. The second kappa shape index (κ2) is 7.43. The van der Waals surface area contributed by atoms with Crippen molar-refractivity contribution >= 4 is 5.91 Å². The molecule has 20 heavy (non-hydrogen) atoms. The molecule has 2 heterocycles. The van der Waals surface area contributed by atoms with Gasteiger partial charge in [-0.2, -0.15) is 5.10 Å². The smallest absolute Gasteiger partial charge is 0.226 e. The third-order valence-corrected chi connectivity index (χ3v) is 3.77. The predicted octanol–water partition coefficient (Wildman–Crippen LogP) is 1.46. The van der Waals surface area contributed by atoms with Crippen molar-refractivity contribution in [3.05, 3.63) is 17.5 Å². The number of nitrogens with zero attached hydrogens (tertiary/aromatic N) is 2. The van der Waals surface area contributed by atoms with Gasteiger partial charge < -0.3 is 10.1 Å². The van der Waals surface area contributed by atoms with Crippen LogP contribution in [0.1, 0.15) is 37.6 Å². The minimum absolute atomic E-state index is 0.0712. The number of amides is 1. The molecule has 1 amide bonds. The SMILES string of the molecule is CCCCc1cc(CC(=O)NCC2CCOC2)n(C)n1. The summed E-state index contributed by atoms with van der Waals surface area (Å²) in [7, 11) is 1.91. The lowest BCUT2D eigenvalue weighted by Crippen LogP contribution is -2.31. The van der Waals surface area contributed by atoms with Gasteiger partial charge in [0.25, 0.3) is 0 Å². The molecule has 0 spiro atoms. The molecule has 2 rings (SSSR count). The van der Waals surface area contributed by atoms with E-state index in [1.54, 1.807) is 0 Å². The number of aryl methyl sites for hydroxylation is 2. The summed E-state index contributed by atoms with van der Waals surface area (Å²) < 4.78 is 7.12.